The van der Waals surface area contributed by atoms with Gasteiger partial charge in [0.1, 0.15) is 0 Å². The SMILES string of the molecule is Nc1ccc2c(c1)CCC(=O)N2CC1CCCCC1. The number of rotatable bonds is 2. The predicted octanol–water partition coefficient (Wildman–Crippen LogP) is 3.13. The van der Waals surface area contributed by atoms with Crippen LogP contribution in [0.1, 0.15) is 44.1 Å². The number of nitrogens with zero attached hydrogens (tertiary/aromatic N) is 1. The molecule has 1 saturated carbocycles. The second-order valence-electron chi connectivity index (χ2n) is 5.90. The largest absolute Gasteiger partial charge is 0.399 e. The van der Waals surface area contributed by atoms with Crippen molar-refractivity contribution >= 4 is 17.3 Å². The van der Waals surface area contributed by atoms with Crippen LogP contribution in [0.4, 0.5) is 11.4 Å². The van der Waals surface area contributed by atoms with Crippen molar-refractivity contribution in [2.24, 2.45) is 5.92 Å². The maximum atomic E-state index is 12.2. The van der Waals surface area contributed by atoms with Crippen LogP contribution in [0.2, 0.25) is 0 Å². The summed E-state index contributed by atoms with van der Waals surface area (Å²) >= 11 is 0. The van der Waals surface area contributed by atoms with Crippen molar-refractivity contribution in [1.82, 2.24) is 0 Å². The molecule has 3 nitrogen and oxygen atoms in total. The van der Waals surface area contributed by atoms with E-state index in [0.29, 0.717) is 12.3 Å². The molecule has 0 unspecified atom stereocenters. The highest BCUT2D eigenvalue weighted by Crippen LogP contribution is 2.32. The van der Waals surface area contributed by atoms with Gasteiger partial charge >= 0.3 is 0 Å². The van der Waals surface area contributed by atoms with E-state index in [1.54, 1.807) is 0 Å². The Balaban J connectivity index is 1.82. The van der Waals surface area contributed by atoms with Crippen LogP contribution in [0, 0.1) is 5.92 Å². The Morgan fingerprint density at radius 1 is 1.16 bits per heavy atom. The molecule has 0 spiro atoms. The van der Waals surface area contributed by atoms with E-state index in [1.807, 2.05) is 23.1 Å². The fourth-order valence-corrected chi connectivity index (χ4v) is 3.41. The van der Waals surface area contributed by atoms with Gasteiger partial charge in [0, 0.05) is 24.3 Å². The Bertz CT molecular complexity index is 478. The molecule has 3 rings (SSSR count). The highest BCUT2D eigenvalue weighted by Gasteiger charge is 2.27. The maximum absolute atomic E-state index is 12.2. The molecule has 1 fully saturated rings. The monoisotopic (exact) mass is 258 g/mol. The number of anilines is 2. The number of benzene rings is 1. The van der Waals surface area contributed by atoms with E-state index in [-0.39, 0.29) is 5.91 Å². The van der Waals surface area contributed by atoms with Crippen molar-refractivity contribution < 1.29 is 4.79 Å². The second kappa shape index (κ2) is 5.24. The minimum Gasteiger partial charge on any atom is -0.399 e. The molecule has 1 aromatic rings. The number of amides is 1. The lowest BCUT2D eigenvalue weighted by molar-refractivity contribution is -0.119. The molecule has 1 aliphatic carbocycles. The van der Waals surface area contributed by atoms with Crippen LogP contribution in [0.15, 0.2) is 18.2 Å². The smallest absolute Gasteiger partial charge is 0.227 e. The first kappa shape index (κ1) is 12.5. The molecule has 19 heavy (non-hydrogen) atoms. The molecular formula is C16H22N2O. The minimum atomic E-state index is 0.280. The topological polar surface area (TPSA) is 46.3 Å². The summed E-state index contributed by atoms with van der Waals surface area (Å²) in [5, 5.41) is 0. The fraction of sp³-hybridized carbons (Fsp3) is 0.562. The average Bonchev–Trinajstić information content (AvgIpc) is 2.43. The van der Waals surface area contributed by atoms with E-state index in [1.165, 1.54) is 37.7 Å². The zero-order valence-electron chi connectivity index (χ0n) is 11.4. The number of hydrogen-bond acceptors (Lipinski definition) is 2. The van der Waals surface area contributed by atoms with E-state index in [0.717, 1.165) is 24.3 Å². The highest BCUT2D eigenvalue weighted by molar-refractivity contribution is 5.96. The second-order valence-corrected chi connectivity index (χ2v) is 5.90. The van der Waals surface area contributed by atoms with Crippen molar-refractivity contribution in [3.8, 4) is 0 Å². The van der Waals surface area contributed by atoms with Gasteiger partial charge in [0.15, 0.2) is 0 Å². The first-order valence-electron chi connectivity index (χ1n) is 7.43. The molecule has 0 aromatic heterocycles. The first-order chi connectivity index (χ1) is 9.24. The lowest BCUT2D eigenvalue weighted by atomic mass is 9.88. The number of carbonyl (C=O) groups excluding carboxylic acids is 1. The normalized spacial score (nSPS) is 20.4. The van der Waals surface area contributed by atoms with Gasteiger partial charge in [0.25, 0.3) is 0 Å². The summed E-state index contributed by atoms with van der Waals surface area (Å²) in [6, 6.07) is 5.95. The van der Waals surface area contributed by atoms with Crippen molar-refractivity contribution in [3.63, 3.8) is 0 Å². The van der Waals surface area contributed by atoms with E-state index < -0.39 is 0 Å². The number of aryl methyl sites for hydroxylation is 1. The molecule has 0 bridgehead atoms. The molecule has 102 valence electrons. The van der Waals surface area contributed by atoms with Gasteiger partial charge in [-0.15, -0.1) is 0 Å². The summed E-state index contributed by atoms with van der Waals surface area (Å²) in [6.45, 7) is 0.899. The van der Waals surface area contributed by atoms with Gasteiger partial charge in [-0.2, -0.15) is 0 Å². The number of hydrogen-bond donors (Lipinski definition) is 1. The summed E-state index contributed by atoms with van der Waals surface area (Å²) in [4.78, 5) is 14.2. The third-order valence-corrected chi connectivity index (χ3v) is 4.47. The lowest BCUT2D eigenvalue weighted by Crippen LogP contribution is -2.39. The quantitative estimate of drug-likeness (QED) is 0.828. The molecule has 2 aliphatic rings. The third kappa shape index (κ3) is 2.60. The average molecular weight is 258 g/mol. The van der Waals surface area contributed by atoms with E-state index in [9.17, 15) is 4.79 Å². The summed E-state index contributed by atoms with van der Waals surface area (Å²) in [7, 11) is 0. The highest BCUT2D eigenvalue weighted by atomic mass is 16.2. The molecule has 0 saturated heterocycles. The van der Waals surface area contributed by atoms with Gasteiger partial charge in [-0.25, -0.2) is 0 Å². The van der Waals surface area contributed by atoms with Crippen LogP contribution in [0.3, 0.4) is 0 Å². The zero-order chi connectivity index (χ0) is 13.2. The van der Waals surface area contributed by atoms with E-state index in [4.69, 9.17) is 5.73 Å². The van der Waals surface area contributed by atoms with Crippen molar-refractivity contribution in [3.05, 3.63) is 23.8 Å². The van der Waals surface area contributed by atoms with E-state index >= 15 is 0 Å². The number of carbonyl (C=O) groups is 1. The summed E-state index contributed by atoms with van der Waals surface area (Å²) in [5.41, 5.74) is 8.97. The van der Waals surface area contributed by atoms with Gasteiger partial charge in [-0.3, -0.25) is 4.79 Å². The molecule has 1 aliphatic heterocycles. The third-order valence-electron chi connectivity index (χ3n) is 4.47. The van der Waals surface area contributed by atoms with Gasteiger partial charge in [-0.05, 0) is 48.9 Å². The Hall–Kier alpha value is -1.51. The Morgan fingerprint density at radius 2 is 1.95 bits per heavy atom. The van der Waals surface area contributed by atoms with Crippen LogP contribution < -0.4 is 10.6 Å². The van der Waals surface area contributed by atoms with Crippen LogP contribution >= 0.6 is 0 Å². The van der Waals surface area contributed by atoms with Gasteiger partial charge in [0.05, 0.1) is 0 Å². The molecule has 3 heteroatoms. The molecule has 0 radical (unpaired) electrons. The van der Waals surface area contributed by atoms with Gasteiger partial charge in [0.2, 0.25) is 5.91 Å². The molecule has 2 N–H and O–H groups in total. The number of fused-ring (bicyclic) bond motifs is 1. The molecule has 0 atom stereocenters. The number of nitrogen functional groups attached to an aromatic ring is 1. The van der Waals surface area contributed by atoms with Crippen molar-refractivity contribution in [2.45, 2.75) is 44.9 Å². The zero-order valence-corrected chi connectivity index (χ0v) is 11.4. The maximum Gasteiger partial charge on any atom is 0.227 e. The molecule has 1 aromatic carbocycles. The Morgan fingerprint density at radius 3 is 2.74 bits per heavy atom. The molecular weight excluding hydrogens is 236 g/mol. The van der Waals surface area contributed by atoms with Crippen LogP contribution in [-0.2, 0) is 11.2 Å². The Kier molecular flexibility index (Phi) is 3.45. The molecule has 1 amide bonds. The minimum absolute atomic E-state index is 0.280. The summed E-state index contributed by atoms with van der Waals surface area (Å²) < 4.78 is 0. The van der Waals surface area contributed by atoms with E-state index in [2.05, 4.69) is 0 Å². The van der Waals surface area contributed by atoms with Gasteiger partial charge in [-0.1, -0.05) is 19.3 Å². The van der Waals surface area contributed by atoms with Gasteiger partial charge < -0.3 is 10.6 Å². The van der Waals surface area contributed by atoms with Crippen LogP contribution in [0.5, 0.6) is 0 Å². The first-order valence-corrected chi connectivity index (χ1v) is 7.43. The fourth-order valence-electron chi connectivity index (χ4n) is 3.41. The van der Waals surface area contributed by atoms with Crippen molar-refractivity contribution in [1.29, 1.82) is 0 Å². The Labute approximate surface area is 114 Å². The summed E-state index contributed by atoms with van der Waals surface area (Å²) in [6.07, 6.45) is 8.01. The van der Waals surface area contributed by atoms with Crippen LogP contribution in [0.25, 0.3) is 0 Å². The lowest BCUT2D eigenvalue weighted by Gasteiger charge is -2.34. The molecule has 1 heterocycles. The number of nitrogens with two attached hydrogens (primary N) is 1. The predicted molar refractivity (Wildman–Crippen MR) is 78.1 cm³/mol. The van der Waals surface area contributed by atoms with Crippen molar-refractivity contribution in [2.75, 3.05) is 17.2 Å². The summed E-state index contributed by atoms with van der Waals surface area (Å²) in [5.74, 6) is 0.962. The van der Waals surface area contributed by atoms with Crippen LogP contribution in [-0.4, -0.2) is 12.5 Å². The standard InChI is InChI=1S/C16H22N2O/c17-14-7-8-15-13(10-14)6-9-16(19)18(15)11-12-4-2-1-3-5-12/h7-8,10,12H,1-6,9,11,17H2.